The number of guanidine groups is 1. The van der Waals surface area contributed by atoms with Crippen molar-refractivity contribution in [3.05, 3.63) is 51.7 Å². The number of carbonyl (C=O) groups is 3. The molecular formula is C38H53N9O8. The largest absolute Gasteiger partial charge is 0.423 e. The Labute approximate surface area is 319 Å². The van der Waals surface area contributed by atoms with Crippen molar-refractivity contribution in [3.8, 4) is 0 Å². The molecule has 0 bridgehead atoms. The number of aromatic amines is 1. The van der Waals surface area contributed by atoms with Crippen molar-refractivity contribution in [1.82, 2.24) is 30.8 Å². The van der Waals surface area contributed by atoms with Crippen LogP contribution in [-0.2, 0) is 23.9 Å². The lowest BCUT2D eigenvalue weighted by atomic mass is 9.45. The van der Waals surface area contributed by atoms with E-state index < -0.39 is 52.5 Å². The van der Waals surface area contributed by atoms with Crippen LogP contribution in [-0.4, -0.2) is 125 Å². The van der Waals surface area contributed by atoms with E-state index in [4.69, 9.17) is 15.2 Å². The second-order valence-corrected chi connectivity index (χ2v) is 15.7. The van der Waals surface area contributed by atoms with Crippen LogP contribution in [0.4, 0.5) is 5.95 Å². The number of aromatic nitrogens is 2. The van der Waals surface area contributed by atoms with Gasteiger partial charge in [-0.1, -0.05) is 26.0 Å². The zero-order valence-electron chi connectivity index (χ0n) is 31.8. The molecule has 1 saturated heterocycles. The Morgan fingerprint density at radius 1 is 1.22 bits per heavy atom. The van der Waals surface area contributed by atoms with Gasteiger partial charge < -0.3 is 30.3 Å². The fourth-order valence-corrected chi connectivity index (χ4v) is 9.07. The number of hydrogen-bond acceptors (Lipinski definition) is 14. The summed E-state index contributed by atoms with van der Waals surface area (Å²) in [5, 5.41) is 31.9. The number of allylic oxidation sites excluding steroid dienone is 1. The number of esters is 1. The fourth-order valence-electron chi connectivity index (χ4n) is 9.07. The van der Waals surface area contributed by atoms with Gasteiger partial charge in [-0.25, -0.2) is 19.8 Å². The maximum Gasteiger partial charge on any atom is 0.341 e. The van der Waals surface area contributed by atoms with E-state index in [1.807, 2.05) is 13.8 Å². The molecule has 2 amide bonds. The summed E-state index contributed by atoms with van der Waals surface area (Å²) >= 11 is 0. The summed E-state index contributed by atoms with van der Waals surface area (Å²) in [5.41, 5.74) is 4.87. The van der Waals surface area contributed by atoms with Gasteiger partial charge in [0.2, 0.25) is 17.8 Å². The number of anilines is 1. The zero-order chi connectivity index (χ0) is 39.7. The van der Waals surface area contributed by atoms with Gasteiger partial charge in [0.1, 0.15) is 5.76 Å². The van der Waals surface area contributed by atoms with Crippen molar-refractivity contribution in [1.29, 1.82) is 0 Å². The molecule has 17 nitrogen and oxygen atoms in total. The Morgan fingerprint density at radius 2 is 1.96 bits per heavy atom. The van der Waals surface area contributed by atoms with Gasteiger partial charge in [-0.2, -0.15) is 0 Å². The van der Waals surface area contributed by atoms with E-state index in [-0.39, 0.29) is 65.6 Å². The van der Waals surface area contributed by atoms with Gasteiger partial charge >= 0.3 is 5.97 Å². The first-order valence-electron chi connectivity index (χ1n) is 18.9. The lowest BCUT2D eigenvalue weighted by Crippen LogP contribution is -2.63. The molecule has 4 heterocycles. The molecular weight excluding hydrogens is 710 g/mol. The molecule has 6 rings (SSSR count). The third-order valence-corrected chi connectivity index (χ3v) is 12.3. The molecule has 1 aromatic rings. The highest BCUT2D eigenvalue weighted by atomic mass is 16.5. The lowest BCUT2D eigenvalue weighted by Gasteiger charge is -2.62. The van der Waals surface area contributed by atoms with Gasteiger partial charge in [-0.15, -0.1) is 0 Å². The van der Waals surface area contributed by atoms with Crippen LogP contribution in [0, 0.1) is 22.7 Å². The van der Waals surface area contributed by atoms with Crippen LogP contribution in [0.2, 0.25) is 0 Å². The summed E-state index contributed by atoms with van der Waals surface area (Å²) in [7, 11) is 0. The Balaban J connectivity index is 1.36. The minimum Gasteiger partial charge on any atom is -0.423 e. The van der Waals surface area contributed by atoms with Crippen molar-refractivity contribution < 1.29 is 34.1 Å². The minimum atomic E-state index is -0.871. The third kappa shape index (κ3) is 8.21. The number of hydrogen-bond donors (Lipinski definition) is 7. The summed E-state index contributed by atoms with van der Waals surface area (Å²) in [4.78, 5) is 69.6. The van der Waals surface area contributed by atoms with Crippen molar-refractivity contribution in [2.24, 2.45) is 32.7 Å². The standard InChI is InChI=1S/C38H53N9O8/c1-20-26(37(4)7-6-30(49)38(5,19-48)29(37)17-27(20)44-22(3)33(52)47-10-12-54-13-11-47)16-28(43-21(2)31(50)46-36-40-8-9-41-36)25-15-24(55-34(25)53)14-23-18-42-35(39)45-32(23)51/h8,14-15,18,21-22,26-30,43-44,48-49H,1,6-7,9-13,16-17,19H2,2-5H3,(H,41,46,50)(H3,39,42,45,51)/b24-14+/t21?,22?,26?,27?,28?,29?,30-,37-,38+/m1/s1. The highest BCUT2D eigenvalue weighted by molar-refractivity contribution is 6.04. The van der Waals surface area contributed by atoms with E-state index in [1.54, 1.807) is 24.1 Å². The fraction of sp³-hybridized carbons (Fsp3) is 0.605. The van der Waals surface area contributed by atoms with Crippen LogP contribution in [0.5, 0.6) is 0 Å². The van der Waals surface area contributed by atoms with Gasteiger partial charge in [0, 0.05) is 43.0 Å². The number of nitrogens with zero attached hydrogens (tertiary/aromatic N) is 4. The monoisotopic (exact) mass is 763 g/mol. The number of ether oxygens (including phenoxy) is 2. The average molecular weight is 764 g/mol. The maximum atomic E-state index is 13.7. The van der Waals surface area contributed by atoms with Crippen LogP contribution < -0.4 is 27.2 Å². The van der Waals surface area contributed by atoms with Gasteiger partial charge in [0.25, 0.3) is 5.56 Å². The average Bonchev–Trinajstić information content (AvgIpc) is 3.82. The topological polar surface area (TPSA) is 246 Å². The first kappa shape index (κ1) is 40.1. The number of cyclic esters (lactones) is 1. The summed E-state index contributed by atoms with van der Waals surface area (Å²) in [6.07, 6.45) is 6.85. The van der Waals surface area contributed by atoms with Crippen molar-refractivity contribution in [3.63, 3.8) is 0 Å². The molecule has 55 heavy (non-hydrogen) atoms. The second kappa shape index (κ2) is 16.3. The van der Waals surface area contributed by atoms with Crippen molar-refractivity contribution in [2.45, 2.75) is 83.6 Å². The van der Waals surface area contributed by atoms with Gasteiger partial charge in [0.05, 0.1) is 55.7 Å². The molecule has 1 aromatic heterocycles. The molecule has 3 aliphatic heterocycles. The quantitative estimate of drug-likeness (QED) is 0.117. The van der Waals surface area contributed by atoms with Crippen molar-refractivity contribution in [2.75, 3.05) is 45.2 Å². The molecule has 298 valence electrons. The Hall–Kier alpha value is -4.55. The van der Waals surface area contributed by atoms with E-state index >= 15 is 0 Å². The molecule has 5 aliphatic rings. The first-order chi connectivity index (χ1) is 26.1. The number of nitrogens with one attached hydrogen (secondary N) is 4. The number of aliphatic imine (C=N–C) groups is 2. The van der Waals surface area contributed by atoms with Crippen molar-refractivity contribution >= 4 is 42.0 Å². The van der Waals surface area contributed by atoms with Crippen LogP contribution >= 0.6 is 0 Å². The summed E-state index contributed by atoms with van der Waals surface area (Å²) in [6.45, 7) is 14.2. The number of amides is 2. The number of nitrogen functional groups attached to an aromatic ring is 1. The molecule has 2 aliphatic carbocycles. The molecule has 0 radical (unpaired) electrons. The number of aliphatic hydroxyl groups excluding tert-OH is 2. The van der Waals surface area contributed by atoms with Gasteiger partial charge in [-0.05, 0) is 68.9 Å². The number of H-pyrrole nitrogens is 1. The second-order valence-electron chi connectivity index (χ2n) is 15.7. The first-order valence-corrected chi connectivity index (χ1v) is 18.9. The Bertz CT molecular complexity index is 1870. The zero-order valence-corrected chi connectivity index (χ0v) is 31.8. The number of carbonyl (C=O) groups excluding carboxylic acids is 3. The summed E-state index contributed by atoms with van der Waals surface area (Å²) in [6, 6.07) is -2.58. The van der Waals surface area contributed by atoms with E-state index in [2.05, 4.69) is 49.4 Å². The highest BCUT2D eigenvalue weighted by Crippen LogP contribution is 2.62. The van der Waals surface area contributed by atoms with Gasteiger partial charge in [-0.3, -0.25) is 35.3 Å². The lowest BCUT2D eigenvalue weighted by molar-refractivity contribution is -0.157. The number of nitrogens with two attached hydrogens (primary N) is 1. The molecule has 3 fully saturated rings. The highest BCUT2D eigenvalue weighted by Gasteiger charge is 2.60. The number of fused-ring (bicyclic) bond motifs is 1. The Morgan fingerprint density at radius 3 is 2.64 bits per heavy atom. The maximum absolute atomic E-state index is 13.7. The number of aliphatic hydroxyl groups is 2. The third-order valence-electron chi connectivity index (χ3n) is 12.3. The molecule has 6 unspecified atom stereocenters. The van der Waals surface area contributed by atoms with Crippen LogP contribution in [0.1, 0.15) is 58.9 Å². The number of morpholine rings is 1. The van der Waals surface area contributed by atoms with Crippen LogP contribution in [0.25, 0.3) is 6.08 Å². The molecule has 0 aromatic carbocycles. The van der Waals surface area contributed by atoms with Gasteiger partial charge in [0.15, 0.2) is 5.95 Å². The summed E-state index contributed by atoms with van der Waals surface area (Å²) < 4.78 is 11.1. The predicted molar refractivity (Wildman–Crippen MR) is 204 cm³/mol. The molecule has 2 saturated carbocycles. The molecule has 8 N–H and O–H groups in total. The van der Waals surface area contributed by atoms with Crippen LogP contribution in [0.3, 0.4) is 0 Å². The Kier molecular flexibility index (Phi) is 11.9. The van der Waals surface area contributed by atoms with Crippen LogP contribution in [0.15, 0.2) is 50.5 Å². The minimum absolute atomic E-state index is 0.0570. The van der Waals surface area contributed by atoms with E-state index in [0.29, 0.717) is 52.1 Å². The molecule has 9 atom stereocenters. The molecule has 0 spiro atoms. The summed E-state index contributed by atoms with van der Waals surface area (Å²) in [5.74, 6) is -1.46. The predicted octanol–water partition coefficient (Wildman–Crippen LogP) is 0.0270. The SMILES string of the molecule is C=C1C(NC(C)C(=O)N2CCOCC2)CC2[C@](C)(CC[C@@H](O)[C@@]2(C)CO)C1CC(NC(C)C(=O)NC1=NCC=N1)C1=C/C(=C\c2cnc(N)[nH]c2=O)OC1=O. The molecule has 17 heteroatoms. The smallest absolute Gasteiger partial charge is 0.341 e. The van der Waals surface area contributed by atoms with E-state index in [0.717, 1.165) is 5.57 Å². The van der Waals surface area contributed by atoms with E-state index in [1.165, 1.54) is 12.3 Å². The number of rotatable bonds is 11. The normalized spacial score (nSPS) is 31.7. The van der Waals surface area contributed by atoms with E-state index in [9.17, 15) is 29.4 Å².